The molecule has 1 saturated heterocycles. The number of nitrogens with zero attached hydrogens (tertiary/aromatic N) is 1. The fraction of sp³-hybridized carbons (Fsp3) is 0.429. The highest BCUT2D eigenvalue weighted by molar-refractivity contribution is 6.01. The van der Waals surface area contributed by atoms with Gasteiger partial charge in [-0.3, -0.25) is 9.59 Å². The third kappa shape index (κ3) is 2.17. The zero-order valence-electron chi connectivity index (χ0n) is 10.8. The fourth-order valence-corrected chi connectivity index (χ4v) is 2.63. The lowest BCUT2D eigenvalue weighted by molar-refractivity contribution is -0.144. The van der Waals surface area contributed by atoms with Crippen LogP contribution in [0.5, 0.6) is 0 Å². The van der Waals surface area contributed by atoms with Crippen LogP contribution in [-0.2, 0) is 19.1 Å². The molecule has 0 radical (unpaired) electrons. The van der Waals surface area contributed by atoms with Gasteiger partial charge in [0.1, 0.15) is 5.92 Å². The molecule has 0 bridgehead atoms. The van der Waals surface area contributed by atoms with Crippen LogP contribution >= 0.6 is 0 Å². The van der Waals surface area contributed by atoms with Gasteiger partial charge in [-0.05, 0) is 11.6 Å². The van der Waals surface area contributed by atoms with Crippen molar-refractivity contribution in [2.45, 2.75) is 12.0 Å². The largest absolute Gasteiger partial charge is 0.481 e. The molecule has 6 nitrogen and oxygen atoms in total. The molecule has 6 heteroatoms. The van der Waals surface area contributed by atoms with Crippen LogP contribution in [0.25, 0.3) is 0 Å². The van der Waals surface area contributed by atoms with Crippen LogP contribution in [0.2, 0.25) is 0 Å². The summed E-state index contributed by atoms with van der Waals surface area (Å²) in [5, 5.41) is 9.28. The summed E-state index contributed by atoms with van der Waals surface area (Å²) in [5.74, 6) is -1.84. The number of anilines is 1. The average Bonchev–Trinajstić information content (AvgIpc) is 2.87. The maximum absolute atomic E-state index is 12.5. The Bertz CT molecular complexity index is 538. The molecule has 1 amide bonds. The van der Waals surface area contributed by atoms with Gasteiger partial charge in [0.15, 0.2) is 6.10 Å². The third-order valence-electron chi connectivity index (χ3n) is 3.62. The minimum absolute atomic E-state index is 0.146. The van der Waals surface area contributed by atoms with E-state index < -0.39 is 18.0 Å². The molecule has 0 aliphatic carbocycles. The quantitative estimate of drug-likeness (QED) is 0.857. The lowest BCUT2D eigenvalue weighted by Crippen LogP contribution is -2.45. The Labute approximate surface area is 115 Å². The standard InChI is InChI=1S/C14H15NO5/c16-13(12-8-19-5-6-20-12)15-7-10(14(17)18)9-3-1-2-4-11(9)15/h1-4,10,12H,5-8H2,(H,17,18)/t10-,12+/m0/s1. The van der Waals surface area contributed by atoms with Crippen LogP contribution in [0, 0.1) is 0 Å². The molecule has 1 aromatic rings. The molecule has 0 spiro atoms. The van der Waals surface area contributed by atoms with Crippen molar-refractivity contribution in [1.29, 1.82) is 0 Å². The molecule has 0 saturated carbocycles. The summed E-state index contributed by atoms with van der Waals surface area (Å²) in [6.07, 6.45) is -0.649. The van der Waals surface area contributed by atoms with Crippen molar-refractivity contribution in [3.8, 4) is 0 Å². The number of hydrogen-bond donors (Lipinski definition) is 1. The van der Waals surface area contributed by atoms with E-state index in [0.29, 0.717) is 24.5 Å². The fourth-order valence-electron chi connectivity index (χ4n) is 2.63. The van der Waals surface area contributed by atoms with Crippen molar-refractivity contribution in [1.82, 2.24) is 0 Å². The van der Waals surface area contributed by atoms with Crippen LogP contribution in [0.1, 0.15) is 11.5 Å². The van der Waals surface area contributed by atoms with Gasteiger partial charge in [0, 0.05) is 12.2 Å². The molecule has 1 N–H and O–H groups in total. The number of ether oxygens (including phenoxy) is 2. The first kappa shape index (κ1) is 13.1. The van der Waals surface area contributed by atoms with Gasteiger partial charge in [0.05, 0.1) is 19.8 Å². The van der Waals surface area contributed by atoms with Gasteiger partial charge in [-0.25, -0.2) is 0 Å². The van der Waals surface area contributed by atoms with Crippen molar-refractivity contribution < 1.29 is 24.2 Å². The summed E-state index contributed by atoms with van der Waals surface area (Å²) in [6, 6.07) is 7.09. The summed E-state index contributed by atoms with van der Waals surface area (Å²) in [7, 11) is 0. The Balaban J connectivity index is 1.87. The van der Waals surface area contributed by atoms with Gasteiger partial charge in [0.25, 0.3) is 5.91 Å². The lowest BCUT2D eigenvalue weighted by Gasteiger charge is -2.27. The number of carbonyl (C=O) groups excluding carboxylic acids is 1. The first-order chi connectivity index (χ1) is 9.68. The molecule has 2 heterocycles. The highest BCUT2D eigenvalue weighted by Crippen LogP contribution is 2.36. The van der Waals surface area contributed by atoms with E-state index >= 15 is 0 Å². The van der Waals surface area contributed by atoms with E-state index in [2.05, 4.69) is 0 Å². The number of para-hydroxylation sites is 1. The van der Waals surface area contributed by atoms with Gasteiger partial charge >= 0.3 is 5.97 Å². The number of carboxylic acids is 1. The van der Waals surface area contributed by atoms with Crippen LogP contribution in [0.15, 0.2) is 24.3 Å². The van der Waals surface area contributed by atoms with Crippen molar-refractivity contribution in [2.24, 2.45) is 0 Å². The van der Waals surface area contributed by atoms with Crippen molar-refractivity contribution in [2.75, 3.05) is 31.3 Å². The van der Waals surface area contributed by atoms with Gasteiger partial charge in [-0.1, -0.05) is 18.2 Å². The number of rotatable bonds is 2. The second-order valence-corrected chi connectivity index (χ2v) is 4.83. The topological polar surface area (TPSA) is 76.1 Å². The highest BCUT2D eigenvalue weighted by Gasteiger charge is 2.39. The minimum atomic E-state index is -0.923. The molecule has 1 fully saturated rings. The molecule has 0 unspecified atom stereocenters. The predicted molar refractivity (Wildman–Crippen MR) is 69.7 cm³/mol. The molecular formula is C14H15NO5. The molecule has 2 atom stereocenters. The monoisotopic (exact) mass is 277 g/mol. The van der Waals surface area contributed by atoms with E-state index in [4.69, 9.17) is 9.47 Å². The molecule has 0 aromatic heterocycles. The summed E-state index contributed by atoms with van der Waals surface area (Å²) < 4.78 is 10.6. The smallest absolute Gasteiger partial charge is 0.312 e. The molecule has 2 aliphatic rings. The van der Waals surface area contributed by atoms with E-state index in [0.717, 1.165) is 0 Å². The number of carbonyl (C=O) groups is 2. The number of benzene rings is 1. The molecule has 3 rings (SSSR count). The zero-order chi connectivity index (χ0) is 14.1. The number of fused-ring (bicyclic) bond motifs is 1. The first-order valence-corrected chi connectivity index (χ1v) is 6.51. The second-order valence-electron chi connectivity index (χ2n) is 4.83. The van der Waals surface area contributed by atoms with Gasteiger partial charge in [-0.15, -0.1) is 0 Å². The van der Waals surface area contributed by atoms with Gasteiger partial charge < -0.3 is 19.5 Å². The summed E-state index contributed by atoms with van der Waals surface area (Å²) >= 11 is 0. The molecule has 2 aliphatic heterocycles. The average molecular weight is 277 g/mol. The zero-order valence-corrected chi connectivity index (χ0v) is 10.8. The second kappa shape index (κ2) is 5.22. The lowest BCUT2D eigenvalue weighted by atomic mass is 10.0. The van der Waals surface area contributed by atoms with Crippen LogP contribution < -0.4 is 4.90 Å². The Hall–Kier alpha value is -1.92. The minimum Gasteiger partial charge on any atom is -0.481 e. The Morgan fingerprint density at radius 2 is 2.05 bits per heavy atom. The molecule has 20 heavy (non-hydrogen) atoms. The molecule has 1 aromatic carbocycles. The highest BCUT2D eigenvalue weighted by atomic mass is 16.6. The SMILES string of the molecule is O=C(O)[C@H]1CN(C(=O)[C@H]2COCCO2)c2ccccc21. The maximum atomic E-state index is 12.5. The maximum Gasteiger partial charge on any atom is 0.312 e. The van der Waals surface area contributed by atoms with Crippen LogP contribution in [0.3, 0.4) is 0 Å². The number of carboxylic acid groups (broad SMARTS) is 1. The normalized spacial score (nSPS) is 25.3. The molecule has 106 valence electrons. The van der Waals surface area contributed by atoms with E-state index in [-0.39, 0.29) is 19.1 Å². The van der Waals surface area contributed by atoms with Gasteiger partial charge in [0.2, 0.25) is 0 Å². The van der Waals surface area contributed by atoms with Crippen molar-refractivity contribution >= 4 is 17.6 Å². The van der Waals surface area contributed by atoms with E-state index in [1.54, 1.807) is 24.3 Å². The molecular weight excluding hydrogens is 262 g/mol. The van der Waals surface area contributed by atoms with Crippen molar-refractivity contribution in [3.05, 3.63) is 29.8 Å². The number of amides is 1. The first-order valence-electron chi connectivity index (χ1n) is 6.51. The van der Waals surface area contributed by atoms with Crippen LogP contribution in [0.4, 0.5) is 5.69 Å². The van der Waals surface area contributed by atoms with E-state index in [9.17, 15) is 14.7 Å². The van der Waals surface area contributed by atoms with Gasteiger partial charge in [-0.2, -0.15) is 0 Å². The van der Waals surface area contributed by atoms with Crippen molar-refractivity contribution in [3.63, 3.8) is 0 Å². The summed E-state index contributed by atoms with van der Waals surface area (Å²) in [5.41, 5.74) is 1.32. The summed E-state index contributed by atoms with van der Waals surface area (Å²) in [4.78, 5) is 25.3. The predicted octanol–water partition coefficient (Wildman–Crippen LogP) is 0.617. The number of aliphatic carboxylic acids is 1. The summed E-state index contributed by atoms with van der Waals surface area (Å²) in [6.45, 7) is 1.23. The van der Waals surface area contributed by atoms with Crippen LogP contribution in [-0.4, -0.2) is 49.5 Å². The Kier molecular flexibility index (Phi) is 3.42. The van der Waals surface area contributed by atoms with E-state index in [1.165, 1.54) is 4.90 Å². The number of hydrogen-bond acceptors (Lipinski definition) is 4. The Morgan fingerprint density at radius 1 is 1.25 bits per heavy atom. The third-order valence-corrected chi connectivity index (χ3v) is 3.62. The Morgan fingerprint density at radius 3 is 2.75 bits per heavy atom. The van der Waals surface area contributed by atoms with E-state index in [1.807, 2.05) is 0 Å².